The first-order valence-corrected chi connectivity index (χ1v) is 5.78. The Bertz CT molecular complexity index is 397. The summed E-state index contributed by atoms with van der Waals surface area (Å²) >= 11 is 3.14. The number of aromatic nitrogens is 1. The Labute approximate surface area is 90.2 Å². The summed E-state index contributed by atoms with van der Waals surface area (Å²) in [7, 11) is 1.66. The molecule has 0 spiro atoms. The molecular weight excluding hydrogens is 216 g/mol. The Kier molecular flexibility index (Phi) is 2.81. The van der Waals surface area contributed by atoms with E-state index in [1.165, 1.54) is 0 Å². The Morgan fingerprint density at radius 3 is 2.86 bits per heavy atom. The van der Waals surface area contributed by atoms with Crippen LogP contribution in [0.15, 0.2) is 23.8 Å². The van der Waals surface area contributed by atoms with Gasteiger partial charge in [0.15, 0.2) is 5.06 Å². The topological polar surface area (TPSA) is 48.1 Å². The van der Waals surface area contributed by atoms with Crippen molar-refractivity contribution in [3.8, 4) is 5.06 Å². The van der Waals surface area contributed by atoms with Crippen molar-refractivity contribution in [3.05, 3.63) is 33.6 Å². The van der Waals surface area contributed by atoms with Crippen LogP contribution in [-0.2, 0) is 0 Å². The summed E-state index contributed by atoms with van der Waals surface area (Å²) in [4.78, 5) is 6.19. The number of methoxy groups -OCH3 is 1. The molecule has 3 nitrogen and oxygen atoms in total. The van der Waals surface area contributed by atoms with E-state index in [0.29, 0.717) is 0 Å². The lowest BCUT2D eigenvalue weighted by Crippen LogP contribution is -2.07. The van der Waals surface area contributed by atoms with E-state index in [4.69, 9.17) is 10.5 Å². The average molecular weight is 226 g/mol. The maximum atomic E-state index is 6.05. The van der Waals surface area contributed by atoms with Gasteiger partial charge in [-0.2, -0.15) is 0 Å². The first kappa shape index (κ1) is 9.64. The first-order valence-electron chi connectivity index (χ1n) is 4.09. The van der Waals surface area contributed by atoms with Gasteiger partial charge in [0.2, 0.25) is 0 Å². The average Bonchev–Trinajstić information content (AvgIpc) is 2.88. The van der Waals surface area contributed by atoms with Gasteiger partial charge in [-0.1, -0.05) is 0 Å². The van der Waals surface area contributed by atoms with Crippen molar-refractivity contribution in [1.29, 1.82) is 0 Å². The molecule has 0 radical (unpaired) electrons. The van der Waals surface area contributed by atoms with E-state index in [9.17, 15) is 0 Å². The lowest BCUT2D eigenvalue weighted by atomic mass is 10.2. The van der Waals surface area contributed by atoms with E-state index in [2.05, 4.69) is 4.98 Å². The van der Waals surface area contributed by atoms with E-state index in [1.54, 1.807) is 35.3 Å². The van der Waals surface area contributed by atoms with Gasteiger partial charge in [0.1, 0.15) is 0 Å². The van der Waals surface area contributed by atoms with Gasteiger partial charge in [-0.05, 0) is 12.1 Å². The van der Waals surface area contributed by atoms with Crippen LogP contribution in [0.4, 0.5) is 0 Å². The van der Waals surface area contributed by atoms with E-state index in [0.717, 1.165) is 14.8 Å². The zero-order valence-electron chi connectivity index (χ0n) is 7.64. The highest BCUT2D eigenvalue weighted by molar-refractivity contribution is 7.14. The van der Waals surface area contributed by atoms with Crippen molar-refractivity contribution in [3.63, 3.8) is 0 Å². The fraction of sp³-hybridized carbons (Fsp3) is 0.222. The standard InChI is InChI=1S/C9H10N2OS2/c1-12-8-3-2-6(14-8)9(10)7-4-11-5-13-7/h2-5,9H,10H2,1H3. The number of nitrogens with two attached hydrogens (primary N) is 1. The highest BCUT2D eigenvalue weighted by Gasteiger charge is 2.12. The normalized spacial score (nSPS) is 12.7. The second-order valence-electron chi connectivity index (χ2n) is 2.74. The summed E-state index contributed by atoms with van der Waals surface area (Å²) in [6.07, 6.45) is 1.81. The molecule has 0 aromatic carbocycles. The summed E-state index contributed by atoms with van der Waals surface area (Å²) < 4.78 is 5.11. The number of rotatable bonds is 3. The SMILES string of the molecule is COc1ccc(C(N)c2cncs2)s1. The summed E-state index contributed by atoms with van der Waals surface area (Å²) in [6, 6.07) is 3.85. The minimum Gasteiger partial charge on any atom is -0.487 e. The van der Waals surface area contributed by atoms with Crippen LogP contribution in [0.5, 0.6) is 5.06 Å². The Morgan fingerprint density at radius 1 is 1.43 bits per heavy atom. The highest BCUT2D eigenvalue weighted by atomic mass is 32.1. The third-order valence-electron chi connectivity index (χ3n) is 1.87. The second-order valence-corrected chi connectivity index (χ2v) is 4.74. The zero-order valence-corrected chi connectivity index (χ0v) is 9.27. The molecule has 2 rings (SSSR count). The van der Waals surface area contributed by atoms with Crippen LogP contribution in [0.3, 0.4) is 0 Å². The van der Waals surface area contributed by atoms with Crippen LogP contribution < -0.4 is 10.5 Å². The number of ether oxygens (including phenoxy) is 1. The largest absolute Gasteiger partial charge is 0.487 e. The van der Waals surface area contributed by atoms with Crippen molar-refractivity contribution in [2.75, 3.05) is 7.11 Å². The van der Waals surface area contributed by atoms with Gasteiger partial charge >= 0.3 is 0 Å². The van der Waals surface area contributed by atoms with Gasteiger partial charge in [0.25, 0.3) is 0 Å². The van der Waals surface area contributed by atoms with Gasteiger partial charge in [0.05, 0.1) is 18.7 Å². The molecule has 0 amide bonds. The van der Waals surface area contributed by atoms with Gasteiger partial charge in [-0.25, -0.2) is 0 Å². The Morgan fingerprint density at radius 2 is 2.29 bits per heavy atom. The van der Waals surface area contributed by atoms with Gasteiger partial charge < -0.3 is 10.5 Å². The van der Waals surface area contributed by atoms with Gasteiger partial charge in [-0.3, -0.25) is 4.98 Å². The zero-order chi connectivity index (χ0) is 9.97. The summed E-state index contributed by atoms with van der Waals surface area (Å²) in [6.45, 7) is 0. The van der Waals surface area contributed by atoms with E-state index in [-0.39, 0.29) is 6.04 Å². The van der Waals surface area contributed by atoms with Crippen LogP contribution >= 0.6 is 22.7 Å². The molecule has 1 unspecified atom stereocenters. The van der Waals surface area contributed by atoms with E-state index in [1.807, 2.05) is 18.3 Å². The fourth-order valence-corrected chi connectivity index (χ4v) is 2.69. The number of thiazole rings is 1. The molecule has 0 aliphatic rings. The molecule has 14 heavy (non-hydrogen) atoms. The van der Waals surface area contributed by atoms with Crippen LogP contribution in [-0.4, -0.2) is 12.1 Å². The molecule has 2 N–H and O–H groups in total. The van der Waals surface area contributed by atoms with Crippen molar-refractivity contribution in [2.24, 2.45) is 5.73 Å². The maximum Gasteiger partial charge on any atom is 0.173 e. The molecule has 0 bridgehead atoms. The van der Waals surface area contributed by atoms with Crippen LogP contribution in [0.1, 0.15) is 15.8 Å². The molecule has 0 saturated heterocycles. The molecule has 5 heteroatoms. The smallest absolute Gasteiger partial charge is 0.173 e. The lowest BCUT2D eigenvalue weighted by Gasteiger charge is -2.04. The van der Waals surface area contributed by atoms with Crippen molar-refractivity contribution in [2.45, 2.75) is 6.04 Å². The summed E-state index contributed by atoms with van der Waals surface area (Å²) in [5.74, 6) is 0. The minimum absolute atomic E-state index is 0.0728. The summed E-state index contributed by atoms with van der Waals surface area (Å²) in [5, 5.41) is 0.889. The number of hydrogen-bond acceptors (Lipinski definition) is 5. The van der Waals surface area contributed by atoms with Crippen LogP contribution in [0.25, 0.3) is 0 Å². The molecule has 1 atom stereocenters. The third kappa shape index (κ3) is 1.79. The maximum absolute atomic E-state index is 6.05. The molecule has 0 aliphatic carbocycles. The molecule has 2 aromatic rings. The molecule has 2 heterocycles. The number of hydrogen-bond donors (Lipinski definition) is 1. The van der Waals surface area contributed by atoms with Crippen molar-refractivity contribution < 1.29 is 4.74 Å². The first-order chi connectivity index (χ1) is 6.81. The highest BCUT2D eigenvalue weighted by Crippen LogP contribution is 2.32. The Balaban J connectivity index is 2.23. The molecule has 0 aliphatic heterocycles. The van der Waals surface area contributed by atoms with Crippen LogP contribution in [0.2, 0.25) is 0 Å². The number of nitrogens with zero attached hydrogens (tertiary/aromatic N) is 1. The van der Waals surface area contributed by atoms with Gasteiger partial charge in [0, 0.05) is 16.0 Å². The predicted molar refractivity (Wildman–Crippen MR) is 59.0 cm³/mol. The van der Waals surface area contributed by atoms with Crippen molar-refractivity contribution in [1.82, 2.24) is 4.98 Å². The van der Waals surface area contributed by atoms with E-state index < -0.39 is 0 Å². The monoisotopic (exact) mass is 226 g/mol. The molecule has 2 aromatic heterocycles. The third-order valence-corrected chi connectivity index (χ3v) is 3.86. The molecule has 0 fully saturated rings. The fourth-order valence-electron chi connectivity index (χ4n) is 1.13. The van der Waals surface area contributed by atoms with Gasteiger partial charge in [-0.15, -0.1) is 22.7 Å². The summed E-state index contributed by atoms with van der Waals surface area (Å²) in [5.41, 5.74) is 7.85. The Hall–Kier alpha value is -0.910. The molecule has 74 valence electrons. The van der Waals surface area contributed by atoms with Crippen molar-refractivity contribution >= 4 is 22.7 Å². The molecular formula is C9H10N2OS2. The minimum atomic E-state index is -0.0728. The predicted octanol–water partition coefficient (Wildman–Crippen LogP) is 2.26. The lowest BCUT2D eigenvalue weighted by molar-refractivity contribution is 0.427. The molecule has 0 saturated carbocycles. The van der Waals surface area contributed by atoms with Crippen LogP contribution in [0, 0.1) is 0 Å². The van der Waals surface area contributed by atoms with E-state index >= 15 is 0 Å². The second kappa shape index (κ2) is 4.08. The quantitative estimate of drug-likeness (QED) is 0.873. The number of thiophene rings is 1.